The highest BCUT2D eigenvalue weighted by Crippen LogP contribution is 2.17. The normalized spacial score (nSPS) is 21.0. The summed E-state index contributed by atoms with van der Waals surface area (Å²) in [5, 5.41) is 3.77. The zero-order chi connectivity index (χ0) is 12.3. The second-order valence-corrected chi connectivity index (χ2v) is 5.08. The third-order valence-corrected chi connectivity index (χ3v) is 3.29. The fourth-order valence-corrected chi connectivity index (χ4v) is 2.63. The van der Waals surface area contributed by atoms with Gasteiger partial charge in [0.1, 0.15) is 11.0 Å². The van der Waals surface area contributed by atoms with Crippen LogP contribution in [0.1, 0.15) is 17.9 Å². The van der Waals surface area contributed by atoms with Crippen molar-refractivity contribution >= 4 is 11.6 Å². The molecule has 0 aromatic carbocycles. The quantitative estimate of drug-likeness (QED) is 0.827. The molecule has 17 heavy (non-hydrogen) atoms. The zero-order valence-electron chi connectivity index (χ0n) is 10.4. The Morgan fingerprint density at radius 2 is 2.35 bits per heavy atom. The second-order valence-electron chi connectivity index (χ2n) is 4.70. The maximum atomic E-state index is 5.93. The molecule has 1 saturated heterocycles. The highest BCUT2D eigenvalue weighted by Gasteiger charge is 2.22. The number of hydrogen-bond donors (Lipinski definition) is 1. The molecule has 0 radical (unpaired) electrons. The Hall–Kier alpha value is -0.710. The summed E-state index contributed by atoms with van der Waals surface area (Å²) < 4.78 is 0. The van der Waals surface area contributed by atoms with Gasteiger partial charge in [0.25, 0.3) is 0 Å². The second kappa shape index (κ2) is 5.76. The van der Waals surface area contributed by atoms with E-state index in [2.05, 4.69) is 20.2 Å². The Labute approximate surface area is 107 Å². The Morgan fingerprint density at radius 1 is 1.53 bits per heavy atom. The molecule has 94 valence electrons. The molecule has 0 amide bonds. The van der Waals surface area contributed by atoms with Gasteiger partial charge in [-0.05, 0) is 45.5 Å². The smallest absolute Gasteiger partial charge is 0.144 e. The molecule has 1 N–H and O–H groups in total. The molecule has 1 aliphatic heterocycles. The summed E-state index contributed by atoms with van der Waals surface area (Å²) in [4.78, 5) is 11.1. The van der Waals surface area contributed by atoms with Gasteiger partial charge in [0.05, 0.1) is 6.54 Å². The number of rotatable bonds is 4. The molecule has 4 nitrogen and oxygen atoms in total. The molecule has 1 aromatic heterocycles. The van der Waals surface area contributed by atoms with Crippen LogP contribution in [0.25, 0.3) is 0 Å². The third-order valence-electron chi connectivity index (χ3n) is 3.10. The largest absolute Gasteiger partial charge is 0.319 e. The molecule has 2 rings (SSSR count). The van der Waals surface area contributed by atoms with Crippen molar-refractivity contribution in [1.29, 1.82) is 0 Å². The van der Waals surface area contributed by atoms with Gasteiger partial charge in [0.2, 0.25) is 0 Å². The fourth-order valence-electron chi connectivity index (χ4n) is 2.37. The van der Waals surface area contributed by atoms with Crippen LogP contribution in [0.4, 0.5) is 0 Å². The van der Waals surface area contributed by atoms with Gasteiger partial charge in [0, 0.05) is 12.2 Å². The lowest BCUT2D eigenvalue weighted by Gasteiger charge is -2.15. The van der Waals surface area contributed by atoms with Crippen LogP contribution in [0.5, 0.6) is 0 Å². The van der Waals surface area contributed by atoms with Crippen LogP contribution >= 0.6 is 11.6 Å². The molecule has 1 unspecified atom stereocenters. The van der Waals surface area contributed by atoms with E-state index < -0.39 is 0 Å². The standard InChI is InChI=1S/C12H19ClN4/c1-9-5-11(13)16-12(15-9)8-17-4-3-10(7-17)6-14-2/h5,10,14H,3-4,6-8H2,1-2H3. The first-order valence-electron chi connectivity index (χ1n) is 6.04. The van der Waals surface area contributed by atoms with E-state index in [9.17, 15) is 0 Å². The molecule has 0 saturated carbocycles. The third kappa shape index (κ3) is 3.63. The lowest BCUT2D eigenvalue weighted by atomic mass is 10.1. The molecule has 2 heterocycles. The van der Waals surface area contributed by atoms with E-state index in [0.29, 0.717) is 5.15 Å². The maximum Gasteiger partial charge on any atom is 0.144 e. The highest BCUT2D eigenvalue weighted by atomic mass is 35.5. The van der Waals surface area contributed by atoms with Crippen molar-refractivity contribution in [2.24, 2.45) is 5.92 Å². The van der Waals surface area contributed by atoms with E-state index in [0.717, 1.165) is 43.6 Å². The first kappa shape index (κ1) is 12.7. The zero-order valence-corrected chi connectivity index (χ0v) is 11.2. The van der Waals surface area contributed by atoms with E-state index in [1.807, 2.05) is 14.0 Å². The summed E-state index contributed by atoms with van der Waals surface area (Å²) in [6, 6.07) is 1.79. The maximum absolute atomic E-state index is 5.93. The summed E-state index contributed by atoms with van der Waals surface area (Å²) in [7, 11) is 2.01. The molecule has 0 bridgehead atoms. The van der Waals surface area contributed by atoms with Crippen molar-refractivity contribution in [3.63, 3.8) is 0 Å². The first-order valence-corrected chi connectivity index (χ1v) is 6.42. The Morgan fingerprint density at radius 3 is 3.06 bits per heavy atom. The first-order chi connectivity index (χ1) is 8.17. The number of aryl methyl sites for hydroxylation is 1. The molecule has 0 spiro atoms. The van der Waals surface area contributed by atoms with Gasteiger partial charge in [0.15, 0.2) is 0 Å². The van der Waals surface area contributed by atoms with E-state index in [-0.39, 0.29) is 0 Å². The van der Waals surface area contributed by atoms with Crippen LogP contribution in [-0.4, -0.2) is 41.5 Å². The Bertz CT molecular complexity index is 363. The number of hydrogen-bond acceptors (Lipinski definition) is 4. The van der Waals surface area contributed by atoms with Crippen LogP contribution < -0.4 is 5.32 Å². The van der Waals surface area contributed by atoms with Crippen molar-refractivity contribution in [2.45, 2.75) is 19.9 Å². The van der Waals surface area contributed by atoms with Gasteiger partial charge < -0.3 is 5.32 Å². The predicted octanol–water partition coefficient (Wildman–Crippen LogP) is 1.48. The summed E-state index contributed by atoms with van der Waals surface area (Å²) in [6.45, 7) is 6.09. The minimum Gasteiger partial charge on any atom is -0.319 e. The number of halogens is 1. The molecule has 1 atom stereocenters. The van der Waals surface area contributed by atoms with Gasteiger partial charge >= 0.3 is 0 Å². The summed E-state index contributed by atoms with van der Waals surface area (Å²) in [6.07, 6.45) is 1.25. The van der Waals surface area contributed by atoms with E-state index in [4.69, 9.17) is 11.6 Å². The topological polar surface area (TPSA) is 41.0 Å². The highest BCUT2D eigenvalue weighted by molar-refractivity contribution is 6.29. The Kier molecular flexibility index (Phi) is 4.31. The average Bonchev–Trinajstić information content (AvgIpc) is 2.64. The monoisotopic (exact) mass is 254 g/mol. The lowest BCUT2D eigenvalue weighted by molar-refractivity contribution is 0.307. The number of nitrogens with one attached hydrogen (secondary N) is 1. The summed E-state index contributed by atoms with van der Waals surface area (Å²) in [5.74, 6) is 1.58. The van der Waals surface area contributed by atoms with Crippen LogP contribution in [0.2, 0.25) is 5.15 Å². The number of aromatic nitrogens is 2. The molecule has 0 aliphatic carbocycles. The molecule has 1 fully saturated rings. The van der Waals surface area contributed by atoms with Crippen molar-refractivity contribution in [3.05, 3.63) is 22.7 Å². The molecular formula is C12H19ClN4. The predicted molar refractivity (Wildman–Crippen MR) is 69.1 cm³/mol. The lowest BCUT2D eigenvalue weighted by Crippen LogP contribution is -2.25. The van der Waals surface area contributed by atoms with Gasteiger partial charge in [-0.3, -0.25) is 4.90 Å². The minimum absolute atomic E-state index is 0.540. The Balaban J connectivity index is 1.93. The number of nitrogens with zero attached hydrogens (tertiary/aromatic N) is 3. The van der Waals surface area contributed by atoms with Gasteiger partial charge in [-0.25, -0.2) is 9.97 Å². The molecular weight excluding hydrogens is 236 g/mol. The molecule has 1 aliphatic rings. The minimum atomic E-state index is 0.540. The summed E-state index contributed by atoms with van der Waals surface area (Å²) in [5.41, 5.74) is 0.936. The van der Waals surface area contributed by atoms with Crippen LogP contribution in [0.3, 0.4) is 0 Å². The van der Waals surface area contributed by atoms with E-state index in [1.165, 1.54) is 6.42 Å². The van der Waals surface area contributed by atoms with Crippen LogP contribution in [-0.2, 0) is 6.54 Å². The van der Waals surface area contributed by atoms with Crippen molar-refractivity contribution < 1.29 is 0 Å². The fraction of sp³-hybridized carbons (Fsp3) is 0.667. The van der Waals surface area contributed by atoms with Gasteiger partial charge in [-0.1, -0.05) is 11.6 Å². The van der Waals surface area contributed by atoms with Crippen LogP contribution in [0.15, 0.2) is 6.07 Å². The van der Waals surface area contributed by atoms with Crippen molar-refractivity contribution in [1.82, 2.24) is 20.2 Å². The SMILES string of the molecule is CNCC1CCN(Cc2nc(C)cc(Cl)n2)C1. The average molecular weight is 255 g/mol. The summed E-state index contributed by atoms with van der Waals surface area (Å²) >= 11 is 5.93. The number of likely N-dealkylation sites (tertiary alicyclic amines) is 1. The van der Waals surface area contributed by atoms with E-state index in [1.54, 1.807) is 6.07 Å². The molecule has 5 heteroatoms. The molecule has 1 aromatic rings. The van der Waals surface area contributed by atoms with Gasteiger partial charge in [-0.2, -0.15) is 0 Å². The van der Waals surface area contributed by atoms with Crippen molar-refractivity contribution in [3.8, 4) is 0 Å². The van der Waals surface area contributed by atoms with Crippen molar-refractivity contribution in [2.75, 3.05) is 26.7 Å². The van der Waals surface area contributed by atoms with E-state index >= 15 is 0 Å². The van der Waals surface area contributed by atoms with Crippen LogP contribution in [0, 0.1) is 12.8 Å². The van der Waals surface area contributed by atoms with Gasteiger partial charge in [-0.15, -0.1) is 0 Å².